The molecule has 6 unspecified atom stereocenters. The standard InChI is InChI=1S/C21H43NO5/c1-14(2)19(25)11-16(24)9-15(23)10-17-12-18(13-21(3,4)5)27-20(26-17)7-6-8-22/h14-20,23-25H,6-13,22H2,1-5H3. The third kappa shape index (κ3) is 10.8. The van der Waals surface area contributed by atoms with Gasteiger partial charge in [-0.25, -0.2) is 0 Å². The number of aliphatic hydroxyl groups is 3. The van der Waals surface area contributed by atoms with E-state index in [2.05, 4.69) is 20.8 Å². The second kappa shape index (κ2) is 11.7. The van der Waals surface area contributed by atoms with Crippen LogP contribution in [0.25, 0.3) is 0 Å². The molecule has 6 atom stereocenters. The van der Waals surface area contributed by atoms with Crippen molar-refractivity contribution in [2.75, 3.05) is 6.54 Å². The van der Waals surface area contributed by atoms with Gasteiger partial charge in [-0.15, -0.1) is 0 Å². The molecule has 0 spiro atoms. The van der Waals surface area contributed by atoms with Crippen molar-refractivity contribution in [1.29, 1.82) is 0 Å². The Hall–Kier alpha value is -0.240. The maximum Gasteiger partial charge on any atom is 0.158 e. The summed E-state index contributed by atoms with van der Waals surface area (Å²) in [7, 11) is 0. The average Bonchev–Trinajstić information content (AvgIpc) is 2.50. The van der Waals surface area contributed by atoms with Gasteiger partial charge < -0.3 is 30.5 Å². The van der Waals surface area contributed by atoms with Gasteiger partial charge in [-0.05, 0) is 56.4 Å². The normalized spacial score (nSPS) is 27.6. The highest BCUT2D eigenvalue weighted by Gasteiger charge is 2.33. The summed E-state index contributed by atoms with van der Waals surface area (Å²) >= 11 is 0. The molecular weight excluding hydrogens is 346 g/mol. The van der Waals surface area contributed by atoms with Crippen LogP contribution in [0.4, 0.5) is 0 Å². The van der Waals surface area contributed by atoms with Gasteiger partial charge in [-0.3, -0.25) is 0 Å². The van der Waals surface area contributed by atoms with E-state index < -0.39 is 18.3 Å². The van der Waals surface area contributed by atoms with E-state index in [1.54, 1.807) is 0 Å². The first-order chi connectivity index (χ1) is 12.5. The van der Waals surface area contributed by atoms with Gasteiger partial charge in [0, 0.05) is 6.42 Å². The molecule has 0 bridgehead atoms. The quantitative estimate of drug-likeness (QED) is 0.433. The predicted molar refractivity (Wildman–Crippen MR) is 107 cm³/mol. The molecule has 6 nitrogen and oxygen atoms in total. The van der Waals surface area contributed by atoms with Gasteiger partial charge in [0.2, 0.25) is 0 Å². The van der Waals surface area contributed by atoms with Crippen LogP contribution in [0.5, 0.6) is 0 Å². The highest BCUT2D eigenvalue weighted by atomic mass is 16.7. The van der Waals surface area contributed by atoms with Gasteiger partial charge in [0.25, 0.3) is 0 Å². The number of rotatable bonds is 11. The Bertz CT molecular complexity index is 399. The Kier molecular flexibility index (Phi) is 10.7. The van der Waals surface area contributed by atoms with Gasteiger partial charge in [-0.2, -0.15) is 0 Å². The SMILES string of the molecule is CC(C)C(O)CC(O)CC(O)CC1CC(CC(C)(C)C)OC(CCCN)O1. The minimum absolute atomic E-state index is 0.0916. The summed E-state index contributed by atoms with van der Waals surface area (Å²) in [5.41, 5.74) is 5.77. The minimum atomic E-state index is -0.712. The maximum atomic E-state index is 10.4. The zero-order chi connectivity index (χ0) is 20.6. The topological polar surface area (TPSA) is 105 Å². The fourth-order valence-corrected chi connectivity index (χ4v) is 3.61. The molecule has 162 valence electrons. The van der Waals surface area contributed by atoms with E-state index in [0.717, 1.165) is 25.7 Å². The van der Waals surface area contributed by atoms with E-state index in [9.17, 15) is 15.3 Å². The molecule has 0 aromatic heterocycles. The van der Waals surface area contributed by atoms with Gasteiger partial charge in [0.1, 0.15) is 0 Å². The Balaban J connectivity index is 2.56. The van der Waals surface area contributed by atoms with E-state index in [1.165, 1.54) is 0 Å². The predicted octanol–water partition coefficient (Wildman–Crippen LogP) is 2.57. The van der Waals surface area contributed by atoms with E-state index >= 15 is 0 Å². The molecule has 0 saturated carbocycles. The molecule has 6 heteroatoms. The highest BCUT2D eigenvalue weighted by Crippen LogP contribution is 2.32. The number of aliphatic hydroxyl groups excluding tert-OH is 3. The summed E-state index contributed by atoms with van der Waals surface area (Å²) < 4.78 is 12.1. The lowest BCUT2D eigenvalue weighted by atomic mass is 9.86. The maximum absolute atomic E-state index is 10.4. The van der Waals surface area contributed by atoms with E-state index in [4.69, 9.17) is 15.2 Å². The van der Waals surface area contributed by atoms with Crippen LogP contribution in [0.2, 0.25) is 0 Å². The molecule has 5 N–H and O–H groups in total. The lowest BCUT2D eigenvalue weighted by molar-refractivity contribution is -0.253. The first-order valence-electron chi connectivity index (χ1n) is 10.5. The van der Waals surface area contributed by atoms with Crippen molar-refractivity contribution in [3.8, 4) is 0 Å². The number of nitrogens with two attached hydrogens (primary N) is 1. The van der Waals surface area contributed by atoms with Crippen LogP contribution in [0.1, 0.15) is 79.6 Å². The molecule has 1 aliphatic rings. The van der Waals surface area contributed by atoms with Crippen LogP contribution in [-0.2, 0) is 9.47 Å². The van der Waals surface area contributed by atoms with E-state index in [-0.39, 0.29) is 42.7 Å². The Morgan fingerprint density at radius 3 is 2.19 bits per heavy atom. The Morgan fingerprint density at radius 2 is 1.63 bits per heavy atom. The van der Waals surface area contributed by atoms with E-state index in [0.29, 0.717) is 13.0 Å². The van der Waals surface area contributed by atoms with Crippen molar-refractivity contribution in [1.82, 2.24) is 0 Å². The van der Waals surface area contributed by atoms with E-state index in [1.807, 2.05) is 13.8 Å². The summed E-state index contributed by atoms with van der Waals surface area (Å²) in [5.74, 6) is 0.0945. The van der Waals surface area contributed by atoms with Gasteiger partial charge in [-0.1, -0.05) is 34.6 Å². The van der Waals surface area contributed by atoms with Crippen molar-refractivity contribution < 1.29 is 24.8 Å². The minimum Gasteiger partial charge on any atom is -0.393 e. The monoisotopic (exact) mass is 389 g/mol. The van der Waals surface area contributed by atoms with Crippen LogP contribution >= 0.6 is 0 Å². The van der Waals surface area contributed by atoms with Crippen LogP contribution in [0, 0.1) is 11.3 Å². The lowest BCUT2D eigenvalue weighted by Gasteiger charge is -2.39. The number of ether oxygens (including phenoxy) is 2. The third-order valence-electron chi connectivity index (χ3n) is 5.06. The molecule has 1 heterocycles. The number of hydrogen-bond donors (Lipinski definition) is 4. The molecule has 0 amide bonds. The summed E-state index contributed by atoms with van der Waals surface area (Å²) in [6.07, 6.45) is 2.10. The smallest absolute Gasteiger partial charge is 0.158 e. The molecule has 0 aliphatic carbocycles. The summed E-state index contributed by atoms with van der Waals surface area (Å²) in [5, 5.41) is 30.5. The molecule has 1 rings (SSSR count). The highest BCUT2D eigenvalue weighted by molar-refractivity contribution is 4.80. The lowest BCUT2D eigenvalue weighted by Crippen LogP contribution is -2.41. The largest absolute Gasteiger partial charge is 0.393 e. The van der Waals surface area contributed by atoms with Crippen molar-refractivity contribution in [3.63, 3.8) is 0 Å². The van der Waals surface area contributed by atoms with Crippen LogP contribution in [0.3, 0.4) is 0 Å². The van der Waals surface area contributed by atoms with Crippen molar-refractivity contribution in [3.05, 3.63) is 0 Å². The fourth-order valence-electron chi connectivity index (χ4n) is 3.61. The molecule has 0 aromatic carbocycles. The molecule has 1 saturated heterocycles. The van der Waals surface area contributed by atoms with Gasteiger partial charge in [0.05, 0.1) is 30.5 Å². The molecule has 1 fully saturated rings. The van der Waals surface area contributed by atoms with Crippen molar-refractivity contribution in [2.45, 2.75) is 116 Å². The zero-order valence-electron chi connectivity index (χ0n) is 17.9. The van der Waals surface area contributed by atoms with Crippen molar-refractivity contribution in [2.24, 2.45) is 17.1 Å². The third-order valence-corrected chi connectivity index (χ3v) is 5.06. The van der Waals surface area contributed by atoms with Crippen LogP contribution < -0.4 is 5.73 Å². The summed E-state index contributed by atoms with van der Waals surface area (Å²) in [6, 6.07) is 0. The summed E-state index contributed by atoms with van der Waals surface area (Å²) in [6.45, 7) is 11.0. The molecular formula is C21H43NO5. The fraction of sp³-hybridized carbons (Fsp3) is 1.00. The Morgan fingerprint density at radius 1 is 1.00 bits per heavy atom. The first-order valence-corrected chi connectivity index (χ1v) is 10.5. The molecule has 0 aromatic rings. The van der Waals surface area contributed by atoms with Crippen LogP contribution in [-0.4, -0.2) is 58.7 Å². The number of hydrogen-bond acceptors (Lipinski definition) is 6. The van der Waals surface area contributed by atoms with Crippen molar-refractivity contribution >= 4 is 0 Å². The van der Waals surface area contributed by atoms with Gasteiger partial charge in [0.15, 0.2) is 6.29 Å². The van der Waals surface area contributed by atoms with Gasteiger partial charge >= 0.3 is 0 Å². The second-order valence-electron chi connectivity index (χ2n) is 9.70. The summed E-state index contributed by atoms with van der Waals surface area (Å²) in [4.78, 5) is 0. The molecule has 27 heavy (non-hydrogen) atoms. The average molecular weight is 390 g/mol. The zero-order valence-corrected chi connectivity index (χ0v) is 17.9. The van der Waals surface area contributed by atoms with Crippen LogP contribution in [0.15, 0.2) is 0 Å². The molecule has 0 radical (unpaired) electrons. The first kappa shape index (κ1) is 24.8. The molecule has 1 aliphatic heterocycles. The Labute approximate surface area is 165 Å². The second-order valence-corrected chi connectivity index (χ2v) is 9.70.